The molecule has 0 unspecified atom stereocenters. The fourth-order valence-corrected chi connectivity index (χ4v) is 7.33. The van der Waals surface area contributed by atoms with Crippen LogP contribution >= 0.6 is 0 Å². The summed E-state index contributed by atoms with van der Waals surface area (Å²) < 4.78 is 56.0. The Hall–Kier alpha value is -4.21. The lowest BCUT2D eigenvalue weighted by molar-refractivity contribution is 0.582. The first-order valence-electron chi connectivity index (χ1n) is 11.0. The highest BCUT2D eigenvalue weighted by Crippen LogP contribution is 2.26. The molecule has 0 saturated heterocycles. The molecule has 36 heavy (non-hydrogen) atoms. The van der Waals surface area contributed by atoms with Gasteiger partial charge in [-0.05, 0) is 57.9 Å². The summed E-state index contributed by atoms with van der Waals surface area (Å²) >= 11 is 0. The van der Waals surface area contributed by atoms with Crippen molar-refractivity contribution in [2.45, 2.75) is 9.79 Å². The first kappa shape index (κ1) is 22.3. The van der Waals surface area contributed by atoms with E-state index >= 15 is 0 Å². The summed E-state index contributed by atoms with van der Waals surface area (Å²) in [5.41, 5.74) is -1.24. The number of hydrogen-bond acceptors (Lipinski definition) is 5. The molecule has 0 N–H and O–H groups in total. The van der Waals surface area contributed by atoms with E-state index in [2.05, 4.69) is 0 Å². The van der Waals surface area contributed by atoms with E-state index in [-0.39, 0.29) is 20.8 Å². The third kappa shape index (κ3) is 3.28. The van der Waals surface area contributed by atoms with E-state index in [0.29, 0.717) is 18.7 Å². The molecule has 0 amide bonds. The summed E-state index contributed by atoms with van der Waals surface area (Å²) in [6.07, 6.45) is 0. The maximum atomic E-state index is 13.7. The molecule has 5 aromatic carbocycles. The third-order valence-electron chi connectivity index (χ3n) is 6.19. The van der Waals surface area contributed by atoms with Gasteiger partial charge in [0, 0.05) is 0 Å². The first-order chi connectivity index (χ1) is 17.3. The lowest BCUT2D eigenvalue weighted by Crippen LogP contribution is -2.33. The Morgan fingerprint density at radius 1 is 0.444 bits per heavy atom. The van der Waals surface area contributed by atoms with E-state index in [4.69, 9.17) is 0 Å². The minimum Gasteiger partial charge on any atom is -0.245 e. The first-order valence-corrected chi connectivity index (χ1v) is 13.9. The summed E-state index contributed by atoms with van der Waals surface area (Å²) in [6, 6.07) is 29.5. The van der Waals surface area contributed by atoms with Gasteiger partial charge in [0.1, 0.15) is 0 Å². The Labute approximate surface area is 206 Å². The normalized spacial score (nSPS) is 12.4. The predicted octanol–water partition coefficient (Wildman–Crippen LogP) is 4.58. The average molecular weight is 515 g/mol. The van der Waals surface area contributed by atoms with Gasteiger partial charge in [-0.25, -0.2) is 21.6 Å². The molecule has 0 aliphatic carbocycles. The van der Waals surface area contributed by atoms with Gasteiger partial charge in [-0.2, -0.15) is 7.94 Å². The smallest absolute Gasteiger partial charge is 0.245 e. The summed E-state index contributed by atoms with van der Waals surface area (Å²) in [6.45, 7) is 0. The van der Waals surface area contributed by atoms with E-state index in [1.807, 2.05) is 24.3 Å². The van der Waals surface area contributed by atoms with Crippen molar-refractivity contribution in [2.75, 3.05) is 0 Å². The molecule has 0 fully saturated rings. The topological polar surface area (TPSA) is 95.2 Å². The van der Waals surface area contributed by atoms with Crippen LogP contribution < -0.4 is 5.69 Å². The van der Waals surface area contributed by atoms with Crippen LogP contribution in [0.25, 0.3) is 32.6 Å². The van der Waals surface area contributed by atoms with Crippen molar-refractivity contribution < 1.29 is 16.8 Å². The monoisotopic (exact) mass is 514 g/mol. The molecular formula is C27H18N2O5S2. The molecule has 6 rings (SSSR count). The number of imidazole rings is 1. The zero-order chi connectivity index (χ0) is 25.1. The quantitative estimate of drug-likeness (QED) is 0.343. The summed E-state index contributed by atoms with van der Waals surface area (Å²) in [4.78, 5) is 13.4. The van der Waals surface area contributed by atoms with Gasteiger partial charge in [0.2, 0.25) is 0 Å². The van der Waals surface area contributed by atoms with Crippen LogP contribution in [-0.4, -0.2) is 24.8 Å². The summed E-state index contributed by atoms with van der Waals surface area (Å²) in [7, 11) is -8.85. The molecule has 0 aliphatic heterocycles. The molecule has 7 nitrogen and oxygen atoms in total. The van der Waals surface area contributed by atoms with Gasteiger partial charge in [-0.1, -0.05) is 72.8 Å². The van der Waals surface area contributed by atoms with Gasteiger partial charge in [0.25, 0.3) is 20.0 Å². The maximum Gasteiger partial charge on any atom is 0.357 e. The van der Waals surface area contributed by atoms with Gasteiger partial charge < -0.3 is 0 Å². The van der Waals surface area contributed by atoms with Gasteiger partial charge >= 0.3 is 5.69 Å². The highest BCUT2D eigenvalue weighted by Gasteiger charge is 2.31. The van der Waals surface area contributed by atoms with E-state index in [0.717, 1.165) is 10.8 Å². The molecule has 0 atom stereocenters. The highest BCUT2D eigenvalue weighted by atomic mass is 32.2. The second-order valence-corrected chi connectivity index (χ2v) is 11.9. The second kappa shape index (κ2) is 7.91. The number of nitrogens with zero attached hydrogens (tertiary/aromatic N) is 2. The SMILES string of the molecule is O=c1n(S(=O)(=O)c2ccc3ccccc3c2)c2ccccc2n1S(=O)(=O)c1ccc2ccccc2c1. The zero-order valence-corrected chi connectivity index (χ0v) is 20.3. The van der Waals surface area contributed by atoms with Crippen LogP contribution in [0.15, 0.2) is 124 Å². The molecule has 0 spiro atoms. The Morgan fingerprint density at radius 2 is 0.806 bits per heavy atom. The molecule has 0 radical (unpaired) electrons. The molecule has 1 heterocycles. The van der Waals surface area contributed by atoms with Crippen LogP contribution in [0.4, 0.5) is 0 Å². The number of rotatable bonds is 4. The Kier molecular flexibility index (Phi) is 4.89. The molecule has 0 bridgehead atoms. The van der Waals surface area contributed by atoms with Crippen molar-refractivity contribution in [2.24, 2.45) is 0 Å². The number of aromatic nitrogens is 2. The van der Waals surface area contributed by atoms with E-state index in [1.54, 1.807) is 48.5 Å². The minimum absolute atomic E-state index is 0.0278. The predicted molar refractivity (Wildman–Crippen MR) is 139 cm³/mol. The lowest BCUT2D eigenvalue weighted by atomic mass is 10.1. The van der Waals surface area contributed by atoms with Crippen LogP contribution in [-0.2, 0) is 20.0 Å². The van der Waals surface area contributed by atoms with E-state index < -0.39 is 25.7 Å². The van der Waals surface area contributed by atoms with Crippen LogP contribution in [0.3, 0.4) is 0 Å². The van der Waals surface area contributed by atoms with Crippen molar-refractivity contribution >= 4 is 52.6 Å². The van der Waals surface area contributed by atoms with Gasteiger partial charge in [0.15, 0.2) is 0 Å². The van der Waals surface area contributed by atoms with Crippen molar-refractivity contribution in [1.82, 2.24) is 7.94 Å². The minimum atomic E-state index is -4.43. The molecule has 6 aromatic rings. The Balaban J connectivity index is 1.62. The van der Waals surface area contributed by atoms with Crippen LogP contribution in [0.2, 0.25) is 0 Å². The molecule has 1 aromatic heterocycles. The van der Waals surface area contributed by atoms with Crippen molar-refractivity contribution in [3.05, 3.63) is 120 Å². The molecule has 0 saturated carbocycles. The molecular weight excluding hydrogens is 496 g/mol. The number of fused-ring (bicyclic) bond motifs is 3. The van der Waals surface area contributed by atoms with Gasteiger partial charge in [0.05, 0.1) is 20.8 Å². The number of benzene rings is 5. The largest absolute Gasteiger partial charge is 0.357 e. The van der Waals surface area contributed by atoms with Crippen LogP contribution in [0, 0.1) is 0 Å². The number of hydrogen-bond donors (Lipinski definition) is 0. The maximum absolute atomic E-state index is 13.7. The number of para-hydroxylation sites is 2. The van der Waals surface area contributed by atoms with Crippen molar-refractivity contribution in [3.63, 3.8) is 0 Å². The molecule has 0 aliphatic rings. The zero-order valence-electron chi connectivity index (χ0n) is 18.6. The van der Waals surface area contributed by atoms with Crippen LogP contribution in [0.5, 0.6) is 0 Å². The summed E-state index contributed by atoms with van der Waals surface area (Å²) in [5.74, 6) is 0. The molecule has 178 valence electrons. The van der Waals surface area contributed by atoms with Crippen LogP contribution in [0.1, 0.15) is 0 Å². The Bertz CT molecular complexity index is 1960. The lowest BCUT2D eigenvalue weighted by Gasteiger charge is -2.08. The summed E-state index contributed by atoms with van der Waals surface area (Å²) in [5, 5.41) is 3.04. The fraction of sp³-hybridized carbons (Fsp3) is 0. The fourth-order valence-electron chi connectivity index (χ4n) is 4.43. The highest BCUT2D eigenvalue weighted by molar-refractivity contribution is 7.91. The van der Waals surface area contributed by atoms with E-state index in [9.17, 15) is 21.6 Å². The second-order valence-electron chi connectivity index (χ2n) is 8.33. The standard InChI is InChI=1S/C27H18N2O5S2/c30-27-28(35(31,32)23-15-13-19-7-1-3-9-21(19)17-23)25-11-5-6-12-26(25)29(27)36(33,34)24-16-14-20-8-2-4-10-22(20)18-24/h1-18H. The van der Waals surface area contributed by atoms with Gasteiger partial charge in [-0.3, -0.25) is 0 Å². The Morgan fingerprint density at radius 3 is 1.22 bits per heavy atom. The van der Waals surface area contributed by atoms with Gasteiger partial charge in [-0.15, -0.1) is 0 Å². The third-order valence-corrected chi connectivity index (χ3v) is 9.55. The van der Waals surface area contributed by atoms with E-state index in [1.165, 1.54) is 36.4 Å². The van der Waals surface area contributed by atoms with Crippen molar-refractivity contribution in [1.29, 1.82) is 0 Å². The van der Waals surface area contributed by atoms with Crippen molar-refractivity contribution in [3.8, 4) is 0 Å². The molecule has 9 heteroatoms. The average Bonchev–Trinajstić information content (AvgIpc) is 3.21.